The van der Waals surface area contributed by atoms with Crippen LogP contribution in [0.5, 0.6) is 28.7 Å². The van der Waals surface area contributed by atoms with E-state index in [1.54, 1.807) is 21.3 Å². The van der Waals surface area contributed by atoms with Gasteiger partial charge in [-0.2, -0.15) is 5.10 Å². The number of aryl methyl sites for hydroxylation is 1. The average molecular weight is 531 g/mol. The number of nitrogens with zero attached hydrogens (tertiary/aromatic N) is 2. The third kappa shape index (κ3) is 4.00. The van der Waals surface area contributed by atoms with Crippen LogP contribution in [0.3, 0.4) is 0 Å². The number of fused-ring (bicyclic) bond motifs is 4. The van der Waals surface area contributed by atoms with Crippen LogP contribution in [0.25, 0.3) is 0 Å². The van der Waals surface area contributed by atoms with E-state index in [-0.39, 0.29) is 18.7 Å². The van der Waals surface area contributed by atoms with Gasteiger partial charge in [-0.3, -0.25) is 9.80 Å². The second-order valence-corrected chi connectivity index (χ2v) is 9.79. The fraction of sp³-hybridized carbons (Fsp3) is 0.333. The van der Waals surface area contributed by atoms with Gasteiger partial charge in [0.2, 0.25) is 12.5 Å². The molecule has 2 heterocycles. The number of hydrogen-bond donors (Lipinski definition) is 0. The maximum atomic E-state index is 13.6. The van der Waals surface area contributed by atoms with Crippen molar-refractivity contribution in [3.63, 3.8) is 0 Å². The van der Waals surface area contributed by atoms with Crippen molar-refractivity contribution in [3.05, 3.63) is 70.8 Å². The molecule has 1 aliphatic carbocycles. The molecule has 0 spiro atoms. The van der Waals surface area contributed by atoms with Crippen LogP contribution in [0.2, 0.25) is 0 Å². The molecule has 0 unspecified atom stereocenters. The Kier molecular flexibility index (Phi) is 6.21. The highest BCUT2D eigenvalue weighted by Crippen LogP contribution is 2.52. The molecule has 9 heteroatoms. The minimum atomic E-state index is -0.570. The highest BCUT2D eigenvalue weighted by atomic mass is 16.7. The Bertz CT molecular complexity index is 1440. The lowest BCUT2D eigenvalue weighted by molar-refractivity contribution is -0.147. The zero-order chi connectivity index (χ0) is 27.3. The summed E-state index contributed by atoms with van der Waals surface area (Å²) < 4.78 is 33.8. The van der Waals surface area contributed by atoms with Crippen LogP contribution in [0, 0.1) is 18.8 Å². The van der Waals surface area contributed by atoms with Crippen molar-refractivity contribution in [1.82, 2.24) is 0 Å². The summed E-state index contributed by atoms with van der Waals surface area (Å²) in [5.41, 5.74) is 5.58. The maximum Gasteiger partial charge on any atom is 0.310 e. The second kappa shape index (κ2) is 9.72. The Morgan fingerprint density at radius 3 is 2.21 bits per heavy atom. The van der Waals surface area contributed by atoms with Gasteiger partial charge in [0, 0.05) is 17.4 Å². The Hall–Kier alpha value is -4.40. The number of methoxy groups -OCH3 is 4. The molecule has 0 amide bonds. The summed E-state index contributed by atoms with van der Waals surface area (Å²) >= 11 is 0. The molecule has 0 saturated heterocycles. The van der Waals surface area contributed by atoms with Gasteiger partial charge in [-0.25, -0.2) is 0 Å². The molecular formula is C30H30N2O7. The van der Waals surface area contributed by atoms with Crippen molar-refractivity contribution in [1.29, 1.82) is 0 Å². The molecule has 6 rings (SSSR count). The smallest absolute Gasteiger partial charge is 0.310 e. The van der Waals surface area contributed by atoms with Crippen molar-refractivity contribution in [2.45, 2.75) is 12.8 Å². The van der Waals surface area contributed by atoms with Gasteiger partial charge in [-0.05, 0) is 54.4 Å². The lowest BCUT2D eigenvalue weighted by atomic mass is 9.65. The lowest BCUT2D eigenvalue weighted by Gasteiger charge is -2.37. The van der Waals surface area contributed by atoms with Gasteiger partial charge in [0.05, 0.1) is 52.3 Å². The Labute approximate surface area is 226 Å². The summed E-state index contributed by atoms with van der Waals surface area (Å²) in [5.74, 6) is 1.24. The molecule has 2 aliphatic heterocycles. The lowest BCUT2D eigenvalue weighted by Crippen LogP contribution is -2.41. The van der Waals surface area contributed by atoms with Gasteiger partial charge in [-0.15, -0.1) is 0 Å². The average Bonchev–Trinajstić information content (AvgIpc) is 3.61. The number of anilines is 1. The summed E-state index contributed by atoms with van der Waals surface area (Å²) in [6, 6.07) is 15.9. The second-order valence-electron chi connectivity index (χ2n) is 9.79. The van der Waals surface area contributed by atoms with Crippen LogP contribution < -0.4 is 28.7 Å². The fourth-order valence-electron chi connectivity index (χ4n) is 5.90. The molecule has 202 valence electrons. The van der Waals surface area contributed by atoms with Gasteiger partial charge >= 0.3 is 5.97 Å². The monoisotopic (exact) mass is 530 g/mol. The number of hydrogen-bond acceptors (Lipinski definition) is 9. The molecule has 0 aromatic heterocycles. The Morgan fingerprint density at radius 1 is 0.923 bits per heavy atom. The van der Waals surface area contributed by atoms with E-state index < -0.39 is 11.8 Å². The molecule has 0 N–H and O–H groups in total. The number of esters is 1. The van der Waals surface area contributed by atoms with Gasteiger partial charge < -0.3 is 28.4 Å². The zero-order valence-corrected chi connectivity index (χ0v) is 22.5. The van der Waals surface area contributed by atoms with Crippen molar-refractivity contribution in [3.8, 4) is 28.7 Å². The van der Waals surface area contributed by atoms with E-state index in [0.717, 1.165) is 33.7 Å². The molecule has 3 aromatic carbocycles. The zero-order valence-electron chi connectivity index (χ0n) is 22.5. The van der Waals surface area contributed by atoms with Crippen molar-refractivity contribution in [2.75, 3.05) is 46.8 Å². The van der Waals surface area contributed by atoms with E-state index in [1.165, 1.54) is 7.11 Å². The SMILES string of the molecule is COC(=O)[C@@H]1[C@H](c2cc(OC)c(OC)c(OC)c2)c2cc3c(cc2C2=NN(c4ccc(C)cc4)C[C@H]21)OCO3. The molecule has 3 aliphatic rings. The van der Waals surface area contributed by atoms with E-state index >= 15 is 0 Å². The van der Waals surface area contributed by atoms with Crippen LogP contribution >= 0.6 is 0 Å². The predicted molar refractivity (Wildman–Crippen MR) is 145 cm³/mol. The summed E-state index contributed by atoms with van der Waals surface area (Å²) in [5, 5.41) is 7.00. The molecule has 3 aromatic rings. The largest absolute Gasteiger partial charge is 0.493 e. The van der Waals surface area contributed by atoms with Crippen LogP contribution in [-0.2, 0) is 9.53 Å². The molecule has 3 atom stereocenters. The third-order valence-electron chi connectivity index (χ3n) is 7.75. The number of hydrazone groups is 1. The quantitative estimate of drug-likeness (QED) is 0.430. The first-order valence-corrected chi connectivity index (χ1v) is 12.7. The van der Waals surface area contributed by atoms with E-state index in [0.29, 0.717) is 35.3 Å². The minimum absolute atomic E-state index is 0.138. The molecule has 0 saturated carbocycles. The normalized spacial score (nSPS) is 20.6. The predicted octanol–water partition coefficient (Wildman–Crippen LogP) is 4.52. The molecule has 0 radical (unpaired) electrons. The maximum absolute atomic E-state index is 13.6. The molecule has 0 fully saturated rings. The molecule has 9 nitrogen and oxygen atoms in total. The first-order chi connectivity index (χ1) is 19.0. The fourth-order valence-corrected chi connectivity index (χ4v) is 5.90. The van der Waals surface area contributed by atoms with E-state index in [2.05, 4.69) is 12.1 Å². The van der Waals surface area contributed by atoms with Gasteiger partial charge in [0.25, 0.3) is 0 Å². The summed E-state index contributed by atoms with van der Waals surface area (Å²) in [6.07, 6.45) is 0. The third-order valence-corrected chi connectivity index (χ3v) is 7.75. The van der Waals surface area contributed by atoms with Crippen molar-refractivity contribution >= 4 is 17.4 Å². The number of carbonyl (C=O) groups excluding carboxylic acids is 1. The highest BCUT2D eigenvalue weighted by molar-refractivity contribution is 6.10. The van der Waals surface area contributed by atoms with Crippen LogP contribution in [0.4, 0.5) is 5.69 Å². The van der Waals surface area contributed by atoms with E-state index in [9.17, 15) is 4.79 Å². The highest BCUT2D eigenvalue weighted by Gasteiger charge is 2.50. The molecular weight excluding hydrogens is 500 g/mol. The summed E-state index contributed by atoms with van der Waals surface area (Å²) in [7, 11) is 6.14. The first-order valence-electron chi connectivity index (χ1n) is 12.7. The topological polar surface area (TPSA) is 88.1 Å². The van der Waals surface area contributed by atoms with E-state index in [4.69, 9.17) is 33.5 Å². The van der Waals surface area contributed by atoms with Gasteiger partial charge in [-0.1, -0.05) is 17.7 Å². The standard InChI is InChI=1S/C30H30N2O7/c1-16-6-8-18(9-7-16)32-14-21-27(30(33)37-5)26(17-10-24(34-2)29(36-4)25(11-17)35-3)19-12-22-23(39-15-38-22)13-20(19)28(21)31-32/h6-13,21,26-27H,14-15H2,1-5H3/t21-,26+,27-/m0/s1. The number of carbonyl (C=O) groups is 1. The molecule has 0 bridgehead atoms. The first kappa shape index (κ1) is 24.9. The van der Waals surface area contributed by atoms with E-state index in [1.807, 2.05) is 48.3 Å². The number of rotatable bonds is 6. The number of benzene rings is 3. The Balaban J connectivity index is 1.57. The van der Waals surface area contributed by atoms with Gasteiger partial charge in [0.1, 0.15) is 0 Å². The minimum Gasteiger partial charge on any atom is -0.493 e. The van der Waals surface area contributed by atoms with Crippen molar-refractivity contribution < 1.29 is 33.2 Å². The summed E-state index contributed by atoms with van der Waals surface area (Å²) in [6.45, 7) is 2.71. The molecule has 39 heavy (non-hydrogen) atoms. The van der Waals surface area contributed by atoms with Gasteiger partial charge in [0.15, 0.2) is 23.0 Å². The number of ether oxygens (including phenoxy) is 6. The van der Waals surface area contributed by atoms with Crippen molar-refractivity contribution in [2.24, 2.45) is 16.9 Å². The van der Waals surface area contributed by atoms with Crippen LogP contribution in [0.15, 0.2) is 53.6 Å². The Morgan fingerprint density at radius 2 is 1.59 bits per heavy atom. The summed E-state index contributed by atoms with van der Waals surface area (Å²) in [4.78, 5) is 13.6. The van der Waals surface area contributed by atoms with Crippen LogP contribution in [-0.4, -0.2) is 53.5 Å². The van der Waals surface area contributed by atoms with Crippen LogP contribution in [0.1, 0.15) is 28.2 Å².